The van der Waals surface area contributed by atoms with Crippen LogP contribution < -0.4 is 5.32 Å². The van der Waals surface area contributed by atoms with Crippen LogP contribution in [-0.2, 0) is 21.2 Å². The predicted molar refractivity (Wildman–Crippen MR) is 107 cm³/mol. The van der Waals surface area contributed by atoms with Gasteiger partial charge in [0.1, 0.15) is 5.82 Å². The maximum Gasteiger partial charge on any atom is 0.244 e. The van der Waals surface area contributed by atoms with Crippen LogP contribution in [-0.4, -0.2) is 38.3 Å². The summed E-state index contributed by atoms with van der Waals surface area (Å²) in [5, 5.41) is 2.78. The summed E-state index contributed by atoms with van der Waals surface area (Å²) in [5.41, 5.74) is 1.69. The average Bonchev–Trinajstić information content (AvgIpc) is 3.24. The van der Waals surface area contributed by atoms with E-state index in [1.54, 1.807) is 42.5 Å². The minimum absolute atomic E-state index is 0.238. The van der Waals surface area contributed by atoms with Crippen LogP contribution in [0.4, 0.5) is 4.39 Å². The van der Waals surface area contributed by atoms with Crippen molar-refractivity contribution in [1.29, 1.82) is 0 Å². The number of nitrogens with zero attached hydrogens (tertiary/aromatic N) is 1. The molecule has 0 atom stereocenters. The molecule has 0 saturated carbocycles. The zero-order valence-corrected chi connectivity index (χ0v) is 16.3. The van der Waals surface area contributed by atoms with E-state index >= 15 is 0 Å². The molecule has 2 aromatic rings. The van der Waals surface area contributed by atoms with Gasteiger partial charge in [-0.25, -0.2) is 12.8 Å². The molecule has 1 fully saturated rings. The van der Waals surface area contributed by atoms with Gasteiger partial charge in [-0.15, -0.1) is 0 Å². The van der Waals surface area contributed by atoms with Crippen molar-refractivity contribution in [3.05, 3.63) is 71.6 Å². The van der Waals surface area contributed by atoms with E-state index in [0.29, 0.717) is 31.0 Å². The van der Waals surface area contributed by atoms with E-state index in [2.05, 4.69) is 5.32 Å². The molecule has 0 spiro atoms. The predicted octanol–water partition coefficient (Wildman–Crippen LogP) is 2.98. The summed E-state index contributed by atoms with van der Waals surface area (Å²) in [6, 6.07) is 12.7. The SMILES string of the molecule is O=C(C=Cc1ccc(F)cc1)NCCc1ccc(S(=O)(=O)N2CCCC2)cc1. The van der Waals surface area contributed by atoms with Crippen LogP contribution in [0.25, 0.3) is 6.08 Å². The first-order valence-electron chi connectivity index (χ1n) is 9.26. The zero-order valence-electron chi connectivity index (χ0n) is 15.5. The van der Waals surface area contributed by atoms with Gasteiger partial charge in [0.15, 0.2) is 0 Å². The molecule has 1 heterocycles. The molecule has 28 heavy (non-hydrogen) atoms. The Kier molecular flexibility index (Phi) is 6.59. The summed E-state index contributed by atoms with van der Waals surface area (Å²) in [7, 11) is -3.39. The Hall–Kier alpha value is -2.51. The van der Waals surface area contributed by atoms with Crippen molar-refractivity contribution >= 4 is 22.0 Å². The summed E-state index contributed by atoms with van der Waals surface area (Å²) in [5.74, 6) is -0.557. The lowest BCUT2D eigenvalue weighted by Crippen LogP contribution is -2.27. The molecular weight excluding hydrogens is 379 g/mol. The third-order valence-electron chi connectivity index (χ3n) is 4.64. The van der Waals surface area contributed by atoms with Crippen molar-refractivity contribution in [3.8, 4) is 0 Å². The molecule has 1 aliphatic heterocycles. The third kappa shape index (κ3) is 5.27. The van der Waals surface area contributed by atoms with E-state index < -0.39 is 10.0 Å². The highest BCUT2D eigenvalue weighted by Gasteiger charge is 2.26. The number of sulfonamides is 1. The number of carbonyl (C=O) groups is 1. The normalized spacial score (nSPS) is 15.2. The minimum Gasteiger partial charge on any atom is -0.352 e. The molecule has 1 N–H and O–H groups in total. The second kappa shape index (κ2) is 9.12. The number of hydrogen-bond acceptors (Lipinski definition) is 3. The molecule has 0 unspecified atom stereocenters. The summed E-state index contributed by atoms with van der Waals surface area (Å²) in [4.78, 5) is 12.2. The van der Waals surface area contributed by atoms with Gasteiger partial charge in [0.25, 0.3) is 0 Å². The smallest absolute Gasteiger partial charge is 0.244 e. The molecule has 148 valence electrons. The second-order valence-corrected chi connectivity index (χ2v) is 8.62. The first-order chi connectivity index (χ1) is 13.4. The Morgan fingerprint density at radius 3 is 2.32 bits per heavy atom. The van der Waals surface area contributed by atoms with E-state index in [-0.39, 0.29) is 11.7 Å². The van der Waals surface area contributed by atoms with Crippen molar-refractivity contribution in [3.63, 3.8) is 0 Å². The van der Waals surface area contributed by atoms with Crippen molar-refractivity contribution in [2.24, 2.45) is 0 Å². The molecule has 2 aromatic carbocycles. The van der Waals surface area contributed by atoms with Crippen molar-refractivity contribution < 1.29 is 17.6 Å². The summed E-state index contributed by atoms with van der Waals surface area (Å²) < 4.78 is 39.4. The van der Waals surface area contributed by atoms with Gasteiger partial charge in [-0.1, -0.05) is 24.3 Å². The van der Waals surface area contributed by atoms with Gasteiger partial charge in [0.2, 0.25) is 15.9 Å². The number of amides is 1. The van der Waals surface area contributed by atoms with Crippen molar-refractivity contribution in [2.75, 3.05) is 19.6 Å². The Labute approximate surface area is 164 Å². The standard InChI is InChI=1S/C21H23FN2O3S/c22-19-8-3-17(4-9-19)7-12-21(25)23-14-13-18-5-10-20(11-6-18)28(26,27)24-15-1-2-16-24/h3-12H,1-2,13-16H2,(H,23,25). The molecule has 5 nitrogen and oxygen atoms in total. The summed E-state index contributed by atoms with van der Waals surface area (Å²) in [6.07, 6.45) is 5.44. The highest BCUT2D eigenvalue weighted by molar-refractivity contribution is 7.89. The van der Waals surface area contributed by atoms with E-state index in [1.165, 1.54) is 22.5 Å². The minimum atomic E-state index is -3.39. The quantitative estimate of drug-likeness (QED) is 0.724. The number of rotatable bonds is 7. The number of carbonyl (C=O) groups excluding carboxylic acids is 1. The molecule has 1 aliphatic rings. The first-order valence-corrected chi connectivity index (χ1v) is 10.7. The van der Waals surface area contributed by atoms with Crippen molar-refractivity contribution in [2.45, 2.75) is 24.2 Å². The fourth-order valence-electron chi connectivity index (χ4n) is 3.04. The van der Waals surface area contributed by atoms with Gasteiger partial charge in [-0.05, 0) is 60.7 Å². The summed E-state index contributed by atoms with van der Waals surface area (Å²) >= 11 is 0. The van der Waals surface area contributed by atoms with Crippen LogP contribution in [0.15, 0.2) is 59.5 Å². The van der Waals surface area contributed by atoms with E-state index in [9.17, 15) is 17.6 Å². The fraction of sp³-hybridized carbons (Fsp3) is 0.286. The van der Waals surface area contributed by atoms with Gasteiger partial charge in [0.05, 0.1) is 4.90 Å². The van der Waals surface area contributed by atoms with E-state index in [4.69, 9.17) is 0 Å². The molecule has 0 aromatic heterocycles. The molecular formula is C21H23FN2O3S. The molecule has 0 aliphatic carbocycles. The Bertz CT molecular complexity index is 933. The molecule has 1 saturated heterocycles. The summed E-state index contributed by atoms with van der Waals surface area (Å²) in [6.45, 7) is 1.61. The molecule has 3 rings (SSSR count). The fourth-order valence-corrected chi connectivity index (χ4v) is 4.56. The van der Waals surface area contributed by atoms with Crippen LogP contribution in [0.5, 0.6) is 0 Å². The van der Waals surface area contributed by atoms with Crippen LogP contribution >= 0.6 is 0 Å². The van der Waals surface area contributed by atoms with Gasteiger partial charge in [0, 0.05) is 25.7 Å². The van der Waals surface area contributed by atoms with Gasteiger partial charge < -0.3 is 5.32 Å². The molecule has 1 amide bonds. The third-order valence-corrected chi connectivity index (χ3v) is 6.55. The lowest BCUT2D eigenvalue weighted by Gasteiger charge is -2.15. The van der Waals surface area contributed by atoms with Crippen LogP contribution in [0, 0.1) is 5.82 Å². The number of halogens is 1. The number of hydrogen-bond donors (Lipinski definition) is 1. The van der Waals surface area contributed by atoms with Gasteiger partial charge >= 0.3 is 0 Å². The second-order valence-electron chi connectivity index (χ2n) is 6.68. The lowest BCUT2D eigenvalue weighted by molar-refractivity contribution is -0.116. The van der Waals surface area contributed by atoms with Crippen molar-refractivity contribution in [1.82, 2.24) is 9.62 Å². The highest BCUT2D eigenvalue weighted by atomic mass is 32.2. The van der Waals surface area contributed by atoms with Gasteiger partial charge in [-0.3, -0.25) is 4.79 Å². The Morgan fingerprint density at radius 2 is 1.68 bits per heavy atom. The Balaban J connectivity index is 1.48. The van der Waals surface area contributed by atoms with E-state index in [1.807, 2.05) is 0 Å². The maximum absolute atomic E-state index is 12.8. The average molecular weight is 402 g/mol. The molecule has 7 heteroatoms. The number of nitrogens with one attached hydrogen (secondary N) is 1. The maximum atomic E-state index is 12.8. The zero-order chi connectivity index (χ0) is 20.0. The van der Waals surface area contributed by atoms with Crippen LogP contribution in [0.3, 0.4) is 0 Å². The Morgan fingerprint density at radius 1 is 1.04 bits per heavy atom. The van der Waals surface area contributed by atoms with E-state index in [0.717, 1.165) is 24.0 Å². The largest absolute Gasteiger partial charge is 0.352 e. The monoisotopic (exact) mass is 402 g/mol. The first kappa shape index (κ1) is 20.2. The van der Waals surface area contributed by atoms with Crippen LogP contribution in [0.1, 0.15) is 24.0 Å². The highest BCUT2D eigenvalue weighted by Crippen LogP contribution is 2.21. The van der Waals surface area contributed by atoms with Gasteiger partial charge in [-0.2, -0.15) is 4.31 Å². The molecule has 0 radical (unpaired) electrons. The lowest BCUT2D eigenvalue weighted by atomic mass is 10.1. The molecule has 0 bridgehead atoms. The number of benzene rings is 2. The topological polar surface area (TPSA) is 66.5 Å². The van der Waals surface area contributed by atoms with Crippen LogP contribution in [0.2, 0.25) is 0 Å².